The molecule has 5 heteroatoms. The van der Waals surface area contributed by atoms with E-state index in [0.29, 0.717) is 31.6 Å². The fourth-order valence-electron chi connectivity index (χ4n) is 4.98. The van der Waals surface area contributed by atoms with E-state index in [1.54, 1.807) is 13.0 Å². The van der Waals surface area contributed by atoms with E-state index < -0.39 is 12.0 Å². The summed E-state index contributed by atoms with van der Waals surface area (Å²) < 4.78 is 5.59. The predicted octanol–water partition coefficient (Wildman–Crippen LogP) is 3.36. The Balaban J connectivity index is 1.87. The van der Waals surface area contributed by atoms with Crippen LogP contribution >= 0.6 is 0 Å². The van der Waals surface area contributed by atoms with E-state index >= 15 is 0 Å². The van der Waals surface area contributed by atoms with Crippen LogP contribution in [0.15, 0.2) is 36.5 Å². The van der Waals surface area contributed by atoms with Crippen LogP contribution in [-0.4, -0.2) is 40.3 Å². The van der Waals surface area contributed by atoms with E-state index in [0.717, 1.165) is 12.8 Å². The maximum atomic E-state index is 12.7. The molecule has 0 saturated heterocycles. The zero-order chi connectivity index (χ0) is 21.0. The van der Waals surface area contributed by atoms with Gasteiger partial charge in [-0.05, 0) is 62.4 Å². The van der Waals surface area contributed by atoms with Gasteiger partial charge in [-0.1, -0.05) is 38.2 Å². The number of rotatable bonds is 1. The highest BCUT2D eigenvalue weighted by Gasteiger charge is 2.40. The molecule has 0 unspecified atom stereocenters. The lowest BCUT2D eigenvalue weighted by Crippen LogP contribution is -2.28. The number of hydrogen-bond acceptors (Lipinski definition) is 5. The molecule has 160 valence electrons. The van der Waals surface area contributed by atoms with Crippen molar-refractivity contribution in [1.82, 2.24) is 0 Å². The van der Waals surface area contributed by atoms with Gasteiger partial charge in [0, 0.05) is 17.9 Å². The third-order valence-corrected chi connectivity index (χ3v) is 6.89. The highest BCUT2D eigenvalue weighted by atomic mass is 16.5. The Labute approximate surface area is 173 Å². The lowest BCUT2D eigenvalue weighted by Gasteiger charge is -2.33. The minimum atomic E-state index is -0.702. The van der Waals surface area contributed by atoms with Crippen LogP contribution < -0.4 is 0 Å². The summed E-state index contributed by atoms with van der Waals surface area (Å²) in [6.45, 7) is 3.75. The van der Waals surface area contributed by atoms with Crippen molar-refractivity contribution in [3.05, 3.63) is 36.5 Å². The van der Waals surface area contributed by atoms with Crippen molar-refractivity contribution in [3.8, 4) is 0 Å². The number of fused-ring (bicyclic) bond motifs is 3. The number of ketones is 1. The summed E-state index contributed by atoms with van der Waals surface area (Å²) in [6, 6.07) is 0. The monoisotopic (exact) mass is 402 g/mol. The normalized spacial score (nSPS) is 43.4. The first-order valence-electron chi connectivity index (χ1n) is 11.0. The van der Waals surface area contributed by atoms with Crippen molar-refractivity contribution in [1.29, 1.82) is 0 Å². The Hall–Kier alpha value is -1.72. The van der Waals surface area contributed by atoms with E-state index in [9.17, 15) is 19.8 Å². The van der Waals surface area contributed by atoms with Crippen LogP contribution in [-0.2, 0) is 14.3 Å². The minimum absolute atomic E-state index is 0.0245. The van der Waals surface area contributed by atoms with Gasteiger partial charge in [-0.3, -0.25) is 4.79 Å². The van der Waals surface area contributed by atoms with Crippen LogP contribution in [0.1, 0.15) is 52.4 Å². The fourth-order valence-corrected chi connectivity index (χ4v) is 4.98. The van der Waals surface area contributed by atoms with Crippen molar-refractivity contribution in [2.75, 3.05) is 0 Å². The number of cyclic esters (lactones) is 1. The van der Waals surface area contributed by atoms with E-state index in [2.05, 4.69) is 12.2 Å². The van der Waals surface area contributed by atoms with E-state index in [-0.39, 0.29) is 41.7 Å². The molecular weight excluding hydrogens is 368 g/mol. The molecule has 1 saturated carbocycles. The number of aliphatic hydroxyl groups excluding tert-OH is 2. The third kappa shape index (κ3) is 5.46. The van der Waals surface area contributed by atoms with Crippen molar-refractivity contribution < 1.29 is 24.5 Å². The molecule has 0 bridgehead atoms. The maximum absolute atomic E-state index is 12.7. The Morgan fingerprint density at radius 1 is 1.03 bits per heavy atom. The first-order valence-corrected chi connectivity index (χ1v) is 11.0. The molecule has 2 aliphatic carbocycles. The molecule has 3 rings (SSSR count). The highest BCUT2D eigenvalue weighted by Crippen LogP contribution is 2.45. The zero-order valence-corrected chi connectivity index (χ0v) is 17.4. The molecule has 0 spiro atoms. The summed E-state index contributed by atoms with van der Waals surface area (Å²) in [6.07, 6.45) is 14.0. The SMILES string of the molecule is CC[C@H]1CCC[C@H](O)[C@@H](C)C(=O)/C=C/[C@H]2[C@@H]3C[C@H](O)C[C@H]3C=C[C@H]2/C=C/C(=O)O1. The van der Waals surface area contributed by atoms with Gasteiger partial charge >= 0.3 is 5.97 Å². The Morgan fingerprint density at radius 3 is 2.59 bits per heavy atom. The second kappa shape index (κ2) is 9.86. The van der Waals surface area contributed by atoms with Gasteiger partial charge in [-0.2, -0.15) is 0 Å². The van der Waals surface area contributed by atoms with Gasteiger partial charge in [-0.25, -0.2) is 4.79 Å². The van der Waals surface area contributed by atoms with Gasteiger partial charge < -0.3 is 14.9 Å². The second-order valence-corrected chi connectivity index (χ2v) is 8.87. The predicted molar refractivity (Wildman–Crippen MR) is 111 cm³/mol. The van der Waals surface area contributed by atoms with Crippen molar-refractivity contribution in [2.24, 2.45) is 29.6 Å². The molecule has 1 aliphatic heterocycles. The zero-order valence-electron chi connectivity index (χ0n) is 17.4. The Bertz CT molecular complexity index is 679. The van der Waals surface area contributed by atoms with Crippen LogP contribution in [0.4, 0.5) is 0 Å². The van der Waals surface area contributed by atoms with Crippen molar-refractivity contribution in [3.63, 3.8) is 0 Å². The largest absolute Gasteiger partial charge is 0.459 e. The molecule has 8 atom stereocenters. The van der Waals surface area contributed by atoms with Crippen LogP contribution in [0.3, 0.4) is 0 Å². The average molecular weight is 403 g/mol. The smallest absolute Gasteiger partial charge is 0.330 e. The first kappa shape index (κ1) is 22.0. The van der Waals surface area contributed by atoms with Gasteiger partial charge in [0.15, 0.2) is 5.78 Å². The van der Waals surface area contributed by atoms with Crippen molar-refractivity contribution >= 4 is 11.8 Å². The highest BCUT2D eigenvalue weighted by molar-refractivity contribution is 5.91. The van der Waals surface area contributed by atoms with Gasteiger partial charge in [-0.15, -0.1) is 0 Å². The first-order chi connectivity index (χ1) is 13.9. The average Bonchev–Trinajstić information content (AvgIpc) is 3.08. The molecule has 2 N–H and O–H groups in total. The Kier molecular flexibility index (Phi) is 7.47. The number of ether oxygens (including phenoxy) is 1. The summed E-state index contributed by atoms with van der Waals surface area (Å²) in [5, 5.41) is 20.6. The lowest BCUT2D eigenvalue weighted by molar-refractivity contribution is -0.143. The summed E-state index contributed by atoms with van der Waals surface area (Å²) in [4.78, 5) is 25.0. The number of allylic oxidation sites excluding steroid dienone is 5. The van der Waals surface area contributed by atoms with Crippen LogP contribution in [0.5, 0.6) is 0 Å². The topological polar surface area (TPSA) is 83.8 Å². The fraction of sp³-hybridized carbons (Fsp3) is 0.667. The molecule has 0 amide bonds. The lowest BCUT2D eigenvalue weighted by atomic mass is 9.71. The molecular formula is C24H34O5. The van der Waals surface area contributed by atoms with E-state index in [4.69, 9.17) is 4.74 Å². The number of carbonyl (C=O) groups is 2. The molecule has 0 radical (unpaired) electrons. The quantitative estimate of drug-likeness (QED) is 0.519. The standard InChI is InChI=1S/C24H34O5/c1-3-19-5-4-6-22(26)15(2)23(27)11-10-20-16(9-12-24(28)29-19)7-8-17-13-18(25)14-21(17)20/h7-12,15-22,25-26H,3-6,13-14H2,1-2H3/b11-10+,12-9+/t15-,16+,17-,18-,19+,20-,21-,22+/m1/s1. The van der Waals surface area contributed by atoms with Crippen LogP contribution in [0, 0.1) is 29.6 Å². The van der Waals surface area contributed by atoms with E-state index in [1.165, 1.54) is 6.08 Å². The molecule has 3 aliphatic rings. The second-order valence-electron chi connectivity index (χ2n) is 8.87. The number of hydrogen-bond donors (Lipinski definition) is 2. The molecule has 5 nitrogen and oxygen atoms in total. The number of carbonyl (C=O) groups excluding carboxylic acids is 2. The van der Waals surface area contributed by atoms with Crippen LogP contribution in [0.25, 0.3) is 0 Å². The summed E-state index contributed by atoms with van der Waals surface area (Å²) >= 11 is 0. The van der Waals surface area contributed by atoms with Gasteiger partial charge in [0.2, 0.25) is 0 Å². The van der Waals surface area contributed by atoms with Crippen molar-refractivity contribution in [2.45, 2.75) is 70.7 Å². The molecule has 1 heterocycles. The minimum Gasteiger partial charge on any atom is -0.459 e. The molecule has 0 aromatic carbocycles. The number of aliphatic hydroxyl groups is 2. The van der Waals surface area contributed by atoms with E-state index in [1.807, 2.05) is 19.1 Å². The van der Waals surface area contributed by atoms with Gasteiger partial charge in [0.25, 0.3) is 0 Å². The molecule has 29 heavy (non-hydrogen) atoms. The maximum Gasteiger partial charge on any atom is 0.330 e. The molecule has 1 fully saturated rings. The van der Waals surface area contributed by atoms with Gasteiger partial charge in [0.05, 0.1) is 12.2 Å². The summed E-state index contributed by atoms with van der Waals surface area (Å²) in [5.74, 6) is -0.335. The summed E-state index contributed by atoms with van der Waals surface area (Å²) in [5.41, 5.74) is 0. The van der Waals surface area contributed by atoms with Gasteiger partial charge in [0.1, 0.15) is 6.10 Å². The molecule has 0 aromatic rings. The summed E-state index contributed by atoms with van der Waals surface area (Å²) in [7, 11) is 0. The van der Waals surface area contributed by atoms with Crippen LogP contribution in [0.2, 0.25) is 0 Å². The number of esters is 1. The molecule has 0 aromatic heterocycles. The third-order valence-electron chi connectivity index (χ3n) is 6.89. The Morgan fingerprint density at radius 2 is 1.83 bits per heavy atom.